The van der Waals surface area contributed by atoms with Crippen molar-refractivity contribution >= 4 is 0 Å². The van der Waals surface area contributed by atoms with Gasteiger partial charge in [0, 0.05) is 11.1 Å². The highest BCUT2D eigenvalue weighted by Crippen LogP contribution is 2.43. The Morgan fingerprint density at radius 1 is 0.667 bits per heavy atom. The second-order valence-electron chi connectivity index (χ2n) is 7.38. The van der Waals surface area contributed by atoms with Gasteiger partial charge in [-0.3, -0.25) is 0 Å². The van der Waals surface area contributed by atoms with Gasteiger partial charge in [-0.15, -0.1) is 0 Å². The fourth-order valence-electron chi connectivity index (χ4n) is 3.57. The number of hydrogen-bond donors (Lipinski definition) is 2. The zero-order chi connectivity index (χ0) is 23.4. The van der Waals surface area contributed by atoms with Crippen LogP contribution in [0.4, 0.5) is 4.39 Å². The molecule has 0 amide bonds. The number of phenols is 2. The molecule has 0 fully saturated rings. The lowest BCUT2D eigenvalue weighted by molar-refractivity contribution is 0.289. The summed E-state index contributed by atoms with van der Waals surface area (Å²) >= 11 is 0. The molecule has 0 saturated carbocycles. The Morgan fingerprint density at radius 2 is 1.27 bits per heavy atom. The Labute approximate surface area is 191 Å². The number of methoxy groups -OCH3 is 2. The van der Waals surface area contributed by atoms with E-state index in [0.29, 0.717) is 46.1 Å². The number of benzene rings is 4. The molecule has 2 N–H and O–H groups in total. The van der Waals surface area contributed by atoms with Crippen molar-refractivity contribution in [3.63, 3.8) is 0 Å². The van der Waals surface area contributed by atoms with Gasteiger partial charge < -0.3 is 24.4 Å². The van der Waals surface area contributed by atoms with Crippen LogP contribution in [0.15, 0.2) is 78.9 Å². The van der Waals surface area contributed by atoms with Crippen LogP contribution in [-0.4, -0.2) is 24.4 Å². The highest BCUT2D eigenvalue weighted by atomic mass is 19.1. The lowest BCUT2D eigenvalue weighted by Crippen LogP contribution is -1.96. The Morgan fingerprint density at radius 3 is 1.85 bits per heavy atom. The van der Waals surface area contributed by atoms with Crippen LogP contribution in [0.2, 0.25) is 0 Å². The number of hydrogen-bond acceptors (Lipinski definition) is 5. The Hall–Kier alpha value is -4.19. The summed E-state index contributed by atoms with van der Waals surface area (Å²) < 4.78 is 30.8. The summed E-state index contributed by atoms with van der Waals surface area (Å²) in [6.07, 6.45) is 0. The first-order valence-electron chi connectivity index (χ1n) is 10.2. The number of ether oxygens (including phenoxy) is 3. The minimum atomic E-state index is -0.728. The van der Waals surface area contributed by atoms with Crippen molar-refractivity contribution in [3.8, 4) is 51.0 Å². The van der Waals surface area contributed by atoms with Gasteiger partial charge in [-0.25, -0.2) is 4.39 Å². The fourth-order valence-corrected chi connectivity index (χ4v) is 3.57. The lowest BCUT2D eigenvalue weighted by atomic mass is 9.97. The van der Waals surface area contributed by atoms with Crippen molar-refractivity contribution in [1.29, 1.82) is 0 Å². The molecule has 0 bridgehead atoms. The summed E-state index contributed by atoms with van der Waals surface area (Å²) in [5.74, 6) is 0.204. The molecule has 168 valence electrons. The third-order valence-corrected chi connectivity index (χ3v) is 5.29. The van der Waals surface area contributed by atoms with Crippen LogP contribution in [0.3, 0.4) is 0 Å². The van der Waals surface area contributed by atoms with E-state index in [1.54, 1.807) is 30.3 Å². The molecule has 4 aromatic carbocycles. The molecule has 6 heteroatoms. The number of halogens is 1. The highest BCUT2D eigenvalue weighted by molar-refractivity contribution is 5.82. The maximum atomic E-state index is 13.9. The van der Waals surface area contributed by atoms with E-state index in [0.717, 1.165) is 5.56 Å². The van der Waals surface area contributed by atoms with E-state index in [1.165, 1.54) is 26.4 Å². The maximum absolute atomic E-state index is 13.9. The molecule has 0 aromatic heterocycles. The van der Waals surface area contributed by atoms with Crippen LogP contribution in [0.5, 0.6) is 28.7 Å². The molecule has 33 heavy (non-hydrogen) atoms. The number of rotatable bonds is 7. The van der Waals surface area contributed by atoms with Gasteiger partial charge in [0.15, 0.2) is 23.1 Å². The predicted octanol–water partition coefficient (Wildman–Crippen LogP) is 6.17. The van der Waals surface area contributed by atoms with E-state index in [4.69, 9.17) is 14.2 Å². The van der Waals surface area contributed by atoms with E-state index in [2.05, 4.69) is 0 Å². The van der Waals surface area contributed by atoms with Crippen molar-refractivity contribution in [2.75, 3.05) is 14.2 Å². The van der Waals surface area contributed by atoms with Gasteiger partial charge in [0.05, 0.1) is 14.2 Å². The van der Waals surface area contributed by atoms with E-state index in [-0.39, 0.29) is 5.75 Å². The molecule has 5 nitrogen and oxygen atoms in total. The lowest BCUT2D eigenvalue weighted by Gasteiger charge is -2.16. The van der Waals surface area contributed by atoms with Gasteiger partial charge in [0.25, 0.3) is 0 Å². The molecule has 0 radical (unpaired) electrons. The molecule has 0 aliphatic carbocycles. The molecular formula is C27H23FO5. The SMILES string of the molecule is COc1cc(-c2ccc(O)c(F)c2)c(OC)cc1-c1ccc(OCc2ccccc2)c(O)c1. The number of phenolic OH excluding ortho intramolecular Hbond substituents is 2. The summed E-state index contributed by atoms with van der Waals surface area (Å²) in [6.45, 7) is 0.336. The predicted molar refractivity (Wildman–Crippen MR) is 124 cm³/mol. The van der Waals surface area contributed by atoms with Gasteiger partial charge in [-0.2, -0.15) is 0 Å². The van der Waals surface area contributed by atoms with Gasteiger partial charge >= 0.3 is 0 Å². The zero-order valence-corrected chi connectivity index (χ0v) is 18.2. The van der Waals surface area contributed by atoms with Crippen LogP contribution >= 0.6 is 0 Å². The first-order chi connectivity index (χ1) is 16.0. The molecule has 0 atom stereocenters. The fraction of sp³-hybridized carbons (Fsp3) is 0.111. The standard InChI is InChI=1S/C27H23FO5/c1-31-26-15-21(27(32-2)14-20(26)18-8-10-23(29)22(28)12-18)19-9-11-25(24(30)13-19)33-16-17-6-4-3-5-7-17/h3-15,29-30H,16H2,1-2H3. The largest absolute Gasteiger partial charge is 0.505 e. The third kappa shape index (κ3) is 4.70. The zero-order valence-electron chi connectivity index (χ0n) is 18.2. The molecule has 4 aromatic rings. The molecule has 0 unspecified atom stereocenters. The summed E-state index contributed by atoms with van der Waals surface area (Å²) in [5.41, 5.74) is 3.50. The molecule has 0 aliphatic rings. The first kappa shape index (κ1) is 22.0. The monoisotopic (exact) mass is 446 g/mol. The molecular weight excluding hydrogens is 423 g/mol. The van der Waals surface area contributed by atoms with Crippen molar-refractivity contribution < 1.29 is 28.8 Å². The van der Waals surface area contributed by atoms with Crippen LogP contribution in [0, 0.1) is 5.82 Å². The third-order valence-electron chi connectivity index (χ3n) is 5.29. The minimum absolute atomic E-state index is 0.00543. The van der Waals surface area contributed by atoms with Crippen LogP contribution in [-0.2, 0) is 6.61 Å². The normalized spacial score (nSPS) is 10.6. The molecule has 0 saturated heterocycles. The second kappa shape index (κ2) is 9.53. The molecule has 4 rings (SSSR count). The quantitative estimate of drug-likeness (QED) is 0.355. The maximum Gasteiger partial charge on any atom is 0.165 e. The van der Waals surface area contributed by atoms with E-state index < -0.39 is 11.6 Å². The topological polar surface area (TPSA) is 68.2 Å². The van der Waals surface area contributed by atoms with E-state index in [1.807, 2.05) is 36.4 Å². The Bertz CT molecular complexity index is 1270. The molecule has 0 spiro atoms. The van der Waals surface area contributed by atoms with Crippen LogP contribution in [0.1, 0.15) is 5.56 Å². The van der Waals surface area contributed by atoms with Gasteiger partial charge in [0.1, 0.15) is 18.1 Å². The van der Waals surface area contributed by atoms with Crippen LogP contribution < -0.4 is 14.2 Å². The Kier molecular flexibility index (Phi) is 6.36. The van der Waals surface area contributed by atoms with Gasteiger partial charge in [-0.1, -0.05) is 42.5 Å². The average molecular weight is 446 g/mol. The second-order valence-corrected chi connectivity index (χ2v) is 7.38. The summed E-state index contributed by atoms with van der Waals surface area (Å²) in [5, 5.41) is 20.0. The van der Waals surface area contributed by atoms with E-state index in [9.17, 15) is 14.6 Å². The van der Waals surface area contributed by atoms with Crippen molar-refractivity contribution in [1.82, 2.24) is 0 Å². The minimum Gasteiger partial charge on any atom is -0.505 e. The van der Waals surface area contributed by atoms with Crippen LogP contribution in [0.25, 0.3) is 22.3 Å². The Balaban J connectivity index is 1.68. The summed E-state index contributed by atoms with van der Waals surface area (Å²) in [4.78, 5) is 0. The number of aromatic hydroxyl groups is 2. The average Bonchev–Trinajstić information content (AvgIpc) is 2.84. The molecule has 0 aliphatic heterocycles. The van der Waals surface area contributed by atoms with Crippen molar-refractivity contribution in [3.05, 3.63) is 90.2 Å². The first-order valence-corrected chi connectivity index (χ1v) is 10.2. The van der Waals surface area contributed by atoms with Crippen molar-refractivity contribution in [2.45, 2.75) is 6.61 Å². The smallest absolute Gasteiger partial charge is 0.165 e. The van der Waals surface area contributed by atoms with Crippen molar-refractivity contribution in [2.24, 2.45) is 0 Å². The highest BCUT2D eigenvalue weighted by Gasteiger charge is 2.17. The van der Waals surface area contributed by atoms with E-state index >= 15 is 0 Å². The summed E-state index contributed by atoms with van der Waals surface area (Å²) in [6, 6.07) is 22.4. The van der Waals surface area contributed by atoms with Gasteiger partial charge in [-0.05, 0) is 53.1 Å². The van der Waals surface area contributed by atoms with Gasteiger partial charge in [0.2, 0.25) is 0 Å². The molecule has 0 heterocycles. The summed E-state index contributed by atoms with van der Waals surface area (Å²) in [7, 11) is 3.05.